The molecule has 112 valence electrons. The first-order chi connectivity index (χ1) is 8.98. The van der Waals surface area contributed by atoms with Gasteiger partial charge in [0.1, 0.15) is 5.54 Å². The quantitative estimate of drug-likeness (QED) is 0.683. The monoisotopic (exact) mass is 289 g/mol. The van der Waals surface area contributed by atoms with Gasteiger partial charge in [0.05, 0.1) is 6.10 Å². The van der Waals surface area contributed by atoms with Crippen molar-refractivity contribution in [2.24, 2.45) is 0 Å². The predicted molar refractivity (Wildman–Crippen MR) is 79.8 cm³/mol. The zero-order valence-corrected chi connectivity index (χ0v) is 13.1. The second kappa shape index (κ2) is 8.12. The Morgan fingerprint density at radius 3 is 2.89 bits per heavy atom. The average Bonchev–Trinajstić information content (AvgIpc) is 2.87. The van der Waals surface area contributed by atoms with E-state index in [1.165, 1.54) is 0 Å². The number of ether oxygens (including phenoxy) is 1. The number of carboxylic acids is 1. The molecule has 1 fully saturated rings. The van der Waals surface area contributed by atoms with E-state index in [1.807, 2.05) is 18.7 Å². The molecule has 0 aromatic rings. The molecule has 3 atom stereocenters. The van der Waals surface area contributed by atoms with E-state index in [0.29, 0.717) is 17.8 Å². The lowest BCUT2D eigenvalue weighted by atomic mass is 9.96. The van der Waals surface area contributed by atoms with Crippen molar-refractivity contribution in [1.29, 1.82) is 0 Å². The summed E-state index contributed by atoms with van der Waals surface area (Å²) < 4.78 is 5.59. The van der Waals surface area contributed by atoms with Crippen LogP contribution in [0.5, 0.6) is 0 Å². The highest BCUT2D eigenvalue weighted by atomic mass is 32.2. The fourth-order valence-electron chi connectivity index (χ4n) is 2.32. The third-order valence-electron chi connectivity index (χ3n) is 3.52. The minimum atomic E-state index is -0.820. The van der Waals surface area contributed by atoms with E-state index >= 15 is 0 Å². The molecule has 1 rings (SSSR count). The minimum Gasteiger partial charge on any atom is -0.480 e. The van der Waals surface area contributed by atoms with Crippen LogP contribution in [-0.4, -0.2) is 46.9 Å². The number of carbonyl (C=O) groups is 1. The third-order valence-corrected chi connectivity index (χ3v) is 4.82. The Hall–Kier alpha value is -0.260. The highest BCUT2D eigenvalue weighted by Gasteiger charge is 2.34. The summed E-state index contributed by atoms with van der Waals surface area (Å²) in [5.74, 6) is 0.218. The Kier molecular flexibility index (Phi) is 7.18. The molecule has 5 heteroatoms. The van der Waals surface area contributed by atoms with Gasteiger partial charge in [-0.15, -0.1) is 0 Å². The van der Waals surface area contributed by atoms with Gasteiger partial charge in [0, 0.05) is 17.6 Å². The molecule has 0 saturated carbocycles. The van der Waals surface area contributed by atoms with E-state index in [4.69, 9.17) is 4.74 Å². The van der Waals surface area contributed by atoms with Gasteiger partial charge < -0.3 is 15.2 Å². The van der Waals surface area contributed by atoms with Crippen molar-refractivity contribution in [3.05, 3.63) is 0 Å². The van der Waals surface area contributed by atoms with Crippen molar-refractivity contribution in [3.8, 4) is 0 Å². The molecule has 0 amide bonds. The Labute approximate surface area is 120 Å². The maximum Gasteiger partial charge on any atom is 0.323 e. The number of hydrogen-bond donors (Lipinski definition) is 2. The first kappa shape index (κ1) is 16.8. The lowest BCUT2D eigenvalue weighted by molar-refractivity contribution is -0.144. The third kappa shape index (κ3) is 5.71. The topological polar surface area (TPSA) is 58.6 Å². The number of nitrogens with one attached hydrogen (secondary N) is 1. The molecule has 1 saturated heterocycles. The summed E-state index contributed by atoms with van der Waals surface area (Å²) in [4.78, 5) is 11.4. The van der Waals surface area contributed by atoms with Crippen LogP contribution in [0, 0.1) is 0 Å². The molecule has 0 bridgehead atoms. The number of hydrogen-bond acceptors (Lipinski definition) is 4. The van der Waals surface area contributed by atoms with Gasteiger partial charge >= 0.3 is 5.97 Å². The SMILES string of the molecule is CCCNC(C)(CC(C)SCC1CCCO1)C(=O)O. The van der Waals surface area contributed by atoms with Gasteiger partial charge in [0.15, 0.2) is 0 Å². The predicted octanol–water partition coefficient (Wildman–Crippen LogP) is 2.52. The molecule has 0 aliphatic carbocycles. The normalized spacial score (nSPS) is 24.1. The van der Waals surface area contributed by atoms with E-state index in [1.54, 1.807) is 6.92 Å². The van der Waals surface area contributed by atoms with E-state index < -0.39 is 11.5 Å². The fraction of sp³-hybridized carbons (Fsp3) is 0.929. The molecule has 0 spiro atoms. The molecule has 2 N–H and O–H groups in total. The molecular formula is C14H27NO3S. The smallest absolute Gasteiger partial charge is 0.323 e. The Balaban J connectivity index is 2.37. The van der Waals surface area contributed by atoms with Crippen LogP contribution in [0.3, 0.4) is 0 Å². The number of rotatable bonds is 9. The molecule has 19 heavy (non-hydrogen) atoms. The molecule has 4 nitrogen and oxygen atoms in total. The fourth-order valence-corrected chi connectivity index (χ4v) is 3.57. The van der Waals surface area contributed by atoms with Crippen LogP contribution < -0.4 is 5.32 Å². The average molecular weight is 289 g/mol. The van der Waals surface area contributed by atoms with Crippen molar-refractivity contribution >= 4 is 17.7 Å². The summed E-state index contributed by atoms with van der Waals surface area (Å²) in [5.41, 5.74) is -0.820. The van der Waals surface area contributed by atoms with Crippen molar-refractivity contribution in [2.45, 2.75) is 63.3 Å². The lowest BCUT2D eigenvalue weighted by Gasteiger charge is -2.29. The molecule has 0 radical (unpaired) electrons. The van der Waals surface area contributed by atoms with Gasteiger partial charge in [-0.05, 0) is 39.2 Å². The van der Waals surface area contributed by atoms with Gasteiger partial charge in [-0.2, -0.15) is 11.8 Å². The van der Waals surface area contributed by atoms with Crippen LogP contribution in [0.25, 0.3) is 0 Å². The van der Waals surface area contributed by atoms with Crippen LogP contribution in [-0.2, 0) is 9.53 Å². The van der Waals surface area contributed by atoms with Crippen LogP contribution in [0.15, 0.2) is 0 Å². The Morgan fingerprint density at radius 2 is 2.37 bits per heavy atom. The first-order valence-electron chi connectivity index (χ1n) is 7.19. The van der Waals surface area contributed by atoms with Crippen molar-refractivity contribution < 1.29 is 14.6 Å². The number of carboxylic acid groups (broad SMARTS) is 1. The summed E-state index contributed by atoms with van der Waals surface area (Å²) in [6.45, 7) is 7.56. The van der Waals surface area contributed by atoms with Crippen molar-refractivity contribution in [3.63, 3.8) is 0 Å². The molecule has 1 heterocycles. The standard InChI is InChI=1S/C14H27NO3S/c1-4-7-15-14(3,13(16)17)9-11(2)19-10-12-6-5-8-18-12/h11-12,15H,4-10H2,1-3H3,(H,16,17). The van der Waals surface area contributed by atoms with Gasteiger partial charge in [-0.3, -0.25) is 4.79 Å². The van der Waals surface area contributed by atoms with Gasteiger partial charge in [-0.25, -0.2) is 0 Å². The van der Waals surface area contributed by atoms with E-state index in [-0.39, 0.29) is 0 Å². The highest BCUT2D eigenvalue weighted by molar-refractivity contribution is 7.99. The molecule has 3 unspecified atom stereocenters. The maximum absolute atomic E-state index is 11.4. The zero-order valence-electron chi connectivity index (χ0n) is 12.3. The van der Waals surface area contributed by atoms with E-state index in [2.05, 4.69) is 12.2 Å². The number of thioether (sulfide) groups is 1. The van der Waals surface area contributed by atoms with Crippen LogP contribution in [0.4, 0.5) is 0 Å². The van der Waals surface area contributed by atoms with E-state index in [9.17, 15) is 9.90 Å². The Bertz CT molecular complexity index is 282. The van der Waals surface area contributed by atoms with Crippen LogP contribution in [0.2, 0.25) is 0 Å². The summed E-state index contributed by atoms with van der Waals surface area (Å²) in [6, 6.07) is 0. The molecule has 1 aliphatic heterocycles. The molecule has 0 aromatic carbocycles. The second-order valence-corrected chi connectivity index (χ2v) is 7.02. The largest absolute Gasteiger partial charge is 0.480 e. The lowest BCUT2D eigenvalue weighted by Crippen LogP contribution is -2.51. The maximum atomic E-state index is 11.4. The summed E-state index contributed by atoms with van der Waals surface area (Å²) in [6.07, 6.45) is 4.25. The van der Waals surface area contributed by atoms with Crippen molar-refractivity contribution in [2.75, 3.05) is 18.9 Å². The zero-order chi connectivity index (χ0) is 14.3. The summed E-state index contributed by atoms with van der Waals surface area (Å²) in [5, 5.41) is 12.9. The molecule has 1 aliphatic rings. The van der Waals surface area contributed by atoms with Crippen LogP contribution in [0.1, 0.15) is 46.5 Å². The van der Waals surface area contributed by atoms with E-state index in [0.717, 1.165) is 38.2 Å². The summed E-state index contributed by atoms with van der Waals surface area (Å²) >= 11 is 1.82. The molecule has 0 aromatic heterocycles. The second-order valence-electron chi connectivity index (χ2n) is 5.55. The van der Waals surface area contributed by atoms with Gasteiger partial charge in [0.25, 0.3) is 0 Å². The Morgan fingerprint density at radius 1 is 1.63 bits per heavy atom. The minimum absolute atomic E-state index is 0.314. The van der Waals surface area contributed by atoms with Crippen LogP contribution >= 0.6 is 11.8 Å². The van der Waals surface area contributed by atoms with Gasteiger partial charge in [0.2, 0.25) is 0 Å². The summed E-state index contributed by atoms with van der Waals surface area (Å²) in [7, 11) is 0. The highest BCUT2D eigenvalue weighted by Crippen LogP contribution is 2.25. The van der Waals surface area contributed by atoms with Crippen molar-refractivity contribution in [1.82, 2.24) is 5.32 Å². The first-order valence-corrected chi connectivity index (χ1v) is 8.24. The number of aliphatic carboxylic acids is 1. The van der Waals surface area contributed by atoms with Gasteiger partial charge in [-0.1, -0.05) is 13.8 Å². The molecular weight excluding hydrogens is 262 g/mol.